The van der Waals surface area contributed by atoms with Gasteiger partial charge in [0.15, 0.2) is 0 Å². The van der Waals surface area contributed by atoms with Crippen LogP contribution in [-0.2, 0) is 4.79 Å². The van der Waals surface area contributed by atoms with Crippen LogP contribution in [0.2, 0.25) is 0 Å². The minimum absolute atomic E-state index is 0.293. The molecule has 0 aromatic heterocycles. The summed E-state index contributed by atoms with van der Waals surface area (Å²) in [5, 5.41) is 0. The summed E-state index contributed by atoms with van der Waals surface area (Å²) in [5.41, 5.74) is 3.01. The van der Waals surface area contributed by atoms with Crippen LogP contribution in [0.4, 0.5) is 0 Å². The van der Waals surface area contributed by atoms with Crippen molar-refractivity contribution in [3.63, 3.8) is 0 Å². The molecule has 0 bridgehead atoms. The number of allylic oxidation sites excluding steroid dienone is 4. The van der Waals surface area contributed by atoms with Gasteiger partial charge >= 0.3 is 0 Å². The highest BCUT2D eigenvalue weighted by atomic mass is 16.1. The second kappa shape index (κ2) is 5.79. The predicted molar refractivity (Wildman–Crippen MR) is 60.2 cm³/mol. The van der Waals surface area contributed by atoms with Crippen LogP contribution in [-0.4, -0.2) is 6.29 Å². The van der Waals surface area contributed by atoms with Gasteiger partial charge in [-0.2, -0.15) is 0 Å². The summed E-state index contributed by atoms with van der Waals surface area (Å²) < 4.78 is 0. The fraction of sp³-hybridized carbons (Fsp3) is 0.615. The molecule has 0 radical (unpaired) electrons. The number of carbonyl (C=O) groups is 1. The number of hydrogen-bond donors (Lipinski definition) is 0. The van der Waals surface area contributed by atoms with Crippen molar-refractivity contribution in [3.05, 3.63) is 23.3 Å². The van der Waals surface area contributed by atoms with E-state index in [0.717, 1.165) is 25.5 Å². The SMILES string of the molecule is CC=C(C)CCC1=CCC(C=O)CC1. The van der Waals surface area contributed by atoms with E-state index in [4.69, 9.17) is 0 Å². The lowest BCUT2D eigenvalue weighted by Crippen LogP contribution is -2.06. The summed E-state index contributed by atoms with van der Waals surface area (Å²) >= 11 is 0. The first-order valence-electron chi connectivity index (χ1n) is 5.51. The molecule has 0 fully saturated rings. The van der Waals surface area contributed by atoms with Gasteiger partial charge in [-0.25, -0.2) is 0 Å². The topological polar surface area (TPSA) is 17.1 Å². The second-order valence-corrected chi connectivity index (χ2v) is 4.17. The van der Waals surface area contributed by atoms with Gasteiger partial charge in [0, 0.05) is 5.92 Å². The molecule has 0 spiro atoms. The van der Waals surface area contributed by atoms with Crippen LogP contribution in [0.25, 0.3) is 0 Å². The smallest absolute Gasteiger partial charge is 0.123 e. The Morgan fingerprint density at radius 2 is 2.43 bits per heavy atom. The maximum Gasteiger partial charge on any atom is 0.123 e. The molecule has 1 heteroatoms. The zero-order valence-electron chi connectivity index (χ0n) is 9.25. The number of aldehydes is 1. The van der Waals surface area contributed by atoms with Crippen LogP contribution in [0.3, 0.4) is 0 Å². The molecule has 14 heavy (non-hydrogen) atoms. The van der Waals surface area contributed by atoms with E-state index in [1.54, 1.807) is 5.57 Å². The van der Waals surface area contributed by atoms with Crippen molar-refractivity contribution in [3.8, 4) is 0 Å². The van der Waals surface area contributed by atoms with E-state index in [1.165, 1.54) is 18.4 Å². The Kier molecular flexibility index (Phi) is 4.64. The van der Waals surface area contributed by atoms with Crippen molar-refractivity contribution in [1.29, 1.82) is 0 Å². The third kappa shape index (κ3) is 3.49. The quantitative estimate of drug-likeness (QED) is 0.491. The fourth-order valence-electron chi connectivity index (χ4n) is 1.76. The first-order chi connectivity index (χ1) is 6.76. The Morgan fingerprint density at radius 1 is 1.64 bits per heavy atom. The molecule has 0 aromatic rings. The molecule has 0 heterocycles. The van der Waals surface area contributed by atoms with Crippen LogP contribution in [0.15, 0.2) is 23.3 Å². The summed E-state index contributed by atoms with van der Waals surface area (Å²) in [4.78, 5) is 10.5. The van der Waals surface area contributed by atoms with E-state index in [1.807, 2.05) is 0 Å². The van der Waals surface area contributed by atoms with Crippen LogP contribution < -0.4 is 0 Å². The molecule has 0 aromatic carbocycles. The highest BCUT2D eigenvalue weighted by Gasteiger charge is 2.12. The lowest BCUT2D eigenvalue weighted by atomic mass is 9.88. The third-order valence-corrected chi connectivity index (χ3v) is 3.07. The fourth-order valence-corrected chi connectivity index (χ4v) is 1.76. The number of carbonyl (C=O) groups excluding carboxylic acids is 1. The lowest BCUT2D eigenvalue weighted by Gasteiger charge is -2.17. The molecule has 0 saturated carbocycles. The van der Waals surface area contributed by atoms with E-state index in [-0.39, 0.29) is 0 Å². The average molecular weight is 192 g/mol. The van der Waals surface area contributed by atoms with Gasteiger partial charge in [0.25, 0.3) is 0 Å². The Hall–Kier alpha value is -0.850. The summed E-state index contributed by atoms with van der Waals surface area (Å²) in [6, 6.07) is 0. The maximum absolute atomic E-state index is 10.5. The summed E-state index contributed by atoms with van der Waals surface area (Å²) in [5.74, 6) is 0.293. The van der Waals surface area contributed by atoms with Gasteiger partial charge < -0.3 is 4.79 Å². The standard InChI is InChI=1S/C13H20O/c1-3-11(2)4-5-12-6-8-13(10-14)9-7-12/h3,6,10,13H,4-5,7-9H2,1-2H3. The summed E-state index contributed by atoms with van der Waals surface area (Å²) in [6.07, 6.45) is 11.1. The summed E-state index contributed by atoms with van der Waals surface area (Å²) in [6.45, 7) is 4.27. The van der Waals surface area contributed by atoms with Crippen LogP contribution in [0.1, 0.15) is 46.0 Å². The molecule has 1 nitrogen and oxygen atoms in total. The minimum Gasteiger partial charge on any atom is -0.303 e. The highest BCUT2D eigenvalue weighted by Crippen LogP contribution is 2.25. The van der Waals surface area contributed by atoms with Crippen molar-refractivity contribution < 1.29 is 4.79 Å². The largest absolute Gasteiger partial charge is 0.303 e. The molecule has 0 saturated heterocycles. The zero-order valence-corrected chi connectivity index (χ0v) is 9.25. The number of rotatable bonds is 4. The van der Waals surface area contributed by atoms with Crippen molar-refractivity contribution in [1.82, 2.24) is 0 Å². The van der Waals surface area contributed by atoms with Gasteiger partial charge in [-0.15, -0.1) is 0 Å². The molecule has 0 amide bonds. The Labute approximate surface area is 86.9 Å². The van der Waals surface area contributed by atoms with Crippen molar-refractivity contribution in [2.24, 2.45) is 5.92 Å². The molecule has 1 aliphatic carbocycles. The van der Waals surface area contributed by atoms with Gasteiger partial charge in [-0.1, -0.05) is 23.3 Å². The monoisotopic (exact) mass is 192 g/mol. The Morgan fingerprint density at radius 3 is 2.93 bits per heavy atom. The van der Waals surface area contributed by atoms with Crippen molar-refractivity contribution >= 4 is 6.29 Å². The van der Waals surface area contributed by atoms with Gasteiger partial charge in [0.1, 0.15) is 6.29 Å². The highest BCUT2D eigenvalue weighted by molar-refractivity contribution is 5.54. The van der Waals surface area contributed by atoms with Gasteiger partial charge in [0.05, 0.1) is 0 Å². The van der Waals surface area contributed by atoms with Crippen molar-refractivity contribution in [2.75, 3.05) is 0 Å². The minimum atomic E-state index is 0.293. The Bertz CT molecular complexity index is 248. The first-order valence-corrected chi connectivity index (χ1v) is 5.51. The van der Waals surface area contributed by atoms with E-state index in [2.05, 4.69) is 26.0 Å². The molecule has 1 atom stereocenters. The van der Waals surface area contributed by atoms with E-state index in [9.17, 15) is 4.79 Å². The van der Waals surface area contributed by atoms with Crippen LogP contribution >= 0.6 is 0 Å². The van der Waals surface area contributed by atoms with Gasteiger partial charge in [0.2, 0.25) is 0 Å². The predicted octanol–water partition coefficient (Wildman–Crippen LogP) is 3.66. The Balaban J connectivity index is 2.33. The lowest BCUT2D eigenvalue weighted by molar-refractivity contribution is -0.111. The third-order valence-electron chi connectivity index (χ3n) is 3.07. The van der Waals surface area contributed by atoms with Gasteiger partial charge in [-0.05, 0) is 46.0 Å². The molecule has 1 aliphatic rings. The number of hydrogen-bond acceptors (Lipinski definition) is 1. The average Bonchev–Trinajstić information content (AvgIpc) is 2.26. The van der Waals surface area contributed by atoms with E-state index in [0.29, 0.717) is 5.92 Å². The molecule has 1 rings (SSSR count). The van der Waals surface area contributed by atoms with Crippen LogP contribution in [0, 0.1) is 5.92 Å². The van der Waals surface area contributed by atoms with E-state index >= 15 is 0 Å². The molecular formula is C13H20O. The normalized spacial score (nSPS) is 23.1. The molecule has 0 aliphatic heterocycles. The molecular weight excluding hydrogens is 172 g/mol. The molecule has 1 unspecified atom stereocenters. The zero-order chi connectivity index (χ0) is 10.4. The maximum atomic E-state index is 10.5. The summed E-state index contributed by atoms with van der Waals surface area (Å²) in [7, 11) is 0. The van der Waals surface area contributed by atoms with E-state index < -0.39 is 0 Å². The molecule has 0 N–H and O–H groups in total. The van der Waals surface area contributed by atoms with Crippen LogP contribution in [0.5, 0.6) is 0 Å². The van der Waals surface area contributed by atoms with Gasteiger partial charge in [-0.3, -0.25) is 0 Å². The second-order valence-electron chi connectivity index (χ2n) is 4.17. The molecule has 78 valence electrons. The van der Waals surface area contributed by atoms with Crippen molar-refractivity contribution in [2.45, 2.75) is 46.0 Å². The first kappa shape index (κ1) is 11.2.